The third-order valence-electron chi connectivity index (χ3n) is 7.46. The SMILES string of the molecule is CCc1ccc2c(c1)Oc1cc(CC)ccc1C21c2cc([N+](=O)[O-])ccc2-c2ccc([N+](=O)[O-])cc21. The van der Waals surface area contributed by atoms with E-state index in [4.69, 9.17) is 4.74 Å². The van der Waals surface area contributed by atoms with Gasteiger partial charge < -0.3 is 4.74 Å². The molecule has 0 saturated carbocycles. The van der Waals surface area contributed by atoms with Crippen molar-refractivity contribution >= 4 is 11.4 Å². The summed E-state index contributed by atoms with van der Waals surface area (Å²) in [4.78, 5) is 22.9. The zero-order valence-electron chi connectivity index (χ0n) is 19.8. The molecule has 0 unspecified atom stereocenters. The molecule has 1 aliphatic heterocycles. The summed E-state index contributed by atoms with van der Waals surface area (Å²) in [6.07, 6.45) is 1.63. The lowest BCUT2D eigenvalue weighted by atomic mass is 9.65. The van der Waals surface area contributed by atoms with Gasteiger partial charge in [0.25, 0.3) is 11.4 Å². The summed E-state index contributed by atoms with van der Waals surface area (Å²) in [6, 6.07) is 21.8. The van der Waals surface area contributed by atoms with Crippen molar-refractivity contribution in [3.63, 3.8) is 0 Å². The van der Waals surface area contributed by atoms with Gasteiger partial charge in [-0.05, 0) is 70.5 Å². The molecule has 1 spiro atoms. The number of non-ortho nitro benzene ring substituents is 2. The summed E-state index contributed by atoms with van der Waals surface area (Å²) in [6.45, 7) is 4.13. The molecule has 4 aromatic carbocycles. The molecule has 7 nitrogen and oxygen atoms in total. The average molecular weight is 479 g/mol. The minimum atomic E-state index is -0.996. The van der Waals surface area contributed by atoms with E-state index in [0.29, 0.717) is 11.5 Å². The Labute approximate surface area is 207 Å². The van der Waals surface area contributed by atoms with Crippen molar-refractivity contribution in [1.82, 2.24) is 0 Å². The van der Waals surface area contributed by atoms with Crippen LogP contribution in [0.4, 0.5) is 11.4 Å². The molecular weight excluding hydrogens is 456 g/mol. The molecule has 0 N–H and O–H groups in total. The van der Waals surface area contributed by atoms with Gasteiger partial charge in [0.05, 0.1) is 15.3 Å². The standard InChI is InChI=1S/C29H22N2O5/c1-3-17-5-11-23-27(13-17)36-28-14-18(4-2)6-12-24(28)29(23)25-15-19(30(32)33)7-9-21(25)22-10-8-20(31(34)35)16-26(22)29/h5-16H,3-4H2,1-2H3. The Bertz CT molecular complexity index is 1490. The predicted octanol–water partition coefficient (Wildman–Crippen LogP) is 7.10. The van der Waals surface area contributed by atoms with E-state index in [2.05, 4.69) is 13.8 Å². The van der Waals surface area contributed by atoms with E-state index in [1.54, 1.807) is 24.3 Å². The second-order valence-corrected chi connectivity index (χ2v) is 9.19. The smallest absolute Gasteiger partial charge is 0.269 e. The maximum atomic E-state index is 11.8. The fourth-order valence-corrected chi connectivity index (χ4v) is 5.73. The van der Waals surface area contributed by atoms with Crippen LogP contribution < -0.4 is 4.74 Å². The van der Waals surface area contributed by atoms with Crippen LogP contribution in [0, 0.1) is 20.2 Å². The summed E-state index contributed by atoms with van der Waals surface area (Å²) in [5.74, 6) is 1.32. The molecule has 2 aliphatic rings. The minimum Gasteiger partial charge on any atom is -0.457 e. The maximum Gasteiger partial charge on any atom is 0.269 e. The Morgan fingerprint density at radius 1 is 0.639 bits per heavy atom. The van der Waals surface area contributed by atoms with Gasteiger partial charge in [-0.25, -0.2) is 0 Å². The number of fused-ring (bicyclic) bond motifs is 9. The highest BCUT2D eigenvalue weighted by Gasteiger charge is 2.52. The van der Waals surface area contributed by atoms with E-state index in [1.165, 1.54) is 12.1 Å². The average Bonchev–Trinajstić information content (AvgIpc) is 3.17. The first kappa shape index (κ1) is 22.0. The van der Waals surface area contributed by atoms with E-state index in [-0.39, 0.29) is 11.4 Å². The molecular formula is C29H22N2O5. The summed E-state index contributed by atoms with van der Waals surface area (Å²) >= 11 is 0. The number of hydrogen-bond acceptors (Lipinski definition) is 5. The largest absolute Gasteiger partial charge is 0.457 e. The van der Waals surface area contributed by atoms with E-state index >= 15 is 0 Å². The van der Waals surface area contributed by atoms with Crippen molar-refractivity contribution in [3.8, 4) is 22.6 Å². The number of nitrogens with zero attached hydrogens (tertiary/aromatic N) is 2. The summed E-state index contributed by atoms with van der Waals surface area (Å²) in [7, 11) is 0. The van der Waals surface area contributed by atoms with Crippen LogP contribution in [-0.2, 0) is 18.3 Å². The molecule has 7 heteroatoms. The zero-order valence-corrected chi connectivity index (χ0v) is 19.8. The molecule has 0 amide bonds. The van der Waals surface area contributed by atoms with Crippen LogP contribution in [0.3, 0.4) is 0 Å². The second-order valence-electron chi connectivity index (χ2n) is 9.19. The molecule has 6 rings (SSSR count). The fourth-order valence-electron chi connectivity index (χ4n) is 5.73. The second kappa shape index (κ2) is 7.75. The number of aryl methyl sites for hydroxylation is 2. The van der Waals surface area contributed by atoms with Gasteiger partial charge in [0, 0.05) is 35.4 Å². The van der Waals surface area contributed by atoms with Crippen molar-refractivity contribution < 1.29 is 14.6 Å². The number of nitro groups is 2. The summed E-state index contributed by atoms with van der Waals surface area (Å²) in [5, 5.41) is 23.7. The van der Waals surface area contributed by atoms with E-state index in [1.807, 2.05) is 36.4 Å². The number of rotatable bonds is 4. The third kappa shape index (κ3) is 2.86. The van der Waals surface area contributed by atoms with E-state index < -0.39 is 15.3 Å². The van der Waals surface area contributed by atoms with Crippen LogP contribution in [0.15, 0.2) is 72.8 Å². The van der Waals surface area contributed by atoms with Crippen LogP contribution in [0.5, 0.6) is 11.5 Å². The molecule has 0 fully saturated rings. The Kier molecular flexibility index (Phi) is 4.73. The van der Waals surface area contributed by atoms with Gasteiger partial charge in [0.15, 0.2) is 0 Å². The molecule has 0 bridgehead atoms. The molecule has 1 aliphatic carbocycles. The topological polar surface area (TPSA) is 95.5 Å². The lowest BCUT2D eigenvalue weighted by Gasteiger charge is -2.39. The van der Waals surface area contributed by atoms with Crippen molar-refractivity contribution in [2.75, 3.05) is 0 Å². The van der Waals surface area contributed by atoms with Gasteiger partial charge in [0.1, 0.15) is 11.5 Å². The number of hydrogen-bond donors (Lipinski definition) is 0. The predicted molar refractivity (Wildman–Crippen MR) is 136 cm³/mol. The Balaban J connectivity index is 1.81. The van der Waals surface area contributed by atoms with Gasteiger partial charge in [-0.15, -0.1) is 0 Å². The van der Waals surface area contributed by atoms with Crippen LogP contribution in [0.2, 0.25) is 0 Å². The van der Waals surface area contributed by atoms with Gasteiger partial charge >= 0.3 is 0 Å². The Hall–Kier alpha value is -4.52. The summed E-state index contributed by atoms with van der Waals surface area (Å²) in [5.41, 5.74) is 5.87. The molecule has 4 aromatic rings. The third-order valence-corrected chi connectivity index (χ3v) is 7.46. The van der Waals surface area contributed by atoms with E-state index in [9.17, 15) is 20.2 Å². The molecule has 1 heterocycles. The Morgan fingerprint density at radius 3 is 1.47 bits per heavy atom. The quantitative estimate of drug-likeness (QED) is 0.199. The highest BCUT2D eigenvalue weighted by atomic mass is 16.6. The molecule has 0 saturated heterocycles. The van der Waals surface area contributed by atoms with Gasteiger partial charge in [0.2, 0.25) is 0 Å². The van der Waals surface area contributed by atoms with Crippen LogP contribution in [0.1, 0.15) is 47.2 Å². The van der Waals surface area contributed by atoms with Gasteiger partial charge in [-0.3, -0.25) is 20.2 Å². The highest BCUT2D eigenvalue weighted by Crippen LogP contribution is 2.63. The molecule has 36 heavy (non-hydrogen) atoms. The first-order valence-electron chi connectivity index (χ1n) is 11.9. The molecule has 0 radical (unpaired) electrons. The first-order valence-corrected chi connectivity index (χ1v) is 11.9. The lowest BCUT2D eigenvalue weighted by Crippen LogP contribution is -2.32. The van der Waals surface area contributed by atoms with Gasteiger partial charge in [-0.2, -0.15) is 0 Å². The van der Waals surface area contributed by atoms with Crippen molar-refractivity contribution in [3.05, 3.63) is 126 Å². The molecule has 0 atom stereocenters. The number of nitro benzene ring substituents is 2. The zero-order chi connectivity index (χ0) is 25.2. The lowest BCUT2D eigenvalue weighted by molar-refractivity contribution is -0.385. The van der Waals surface area contributed by atoms with E-state index in [0.717, 1.165) is 57.3 Å². The van der Waals surface area contributed by atoms with Crippen molar-refractivity contribution in [2.45, 2.75) is 32.1 Å². The number of benzene rings is 4. The van der Waals surface area contributed by atoms with Crippen LogP contribution >= 0.6 is 0 Å². The minimum absolute atomic E-state index is 0.0274. The first-order chi connectivity index (χ1) is 17.4. The monoisotopic (exact) mass is 478 g/mol. The van der Waals surface area contributed by atoms with Crippen LogP contribution in [0.25, 0.3) is 11.1 Å². The molecule has 0 aromatic heterocycles. The van der Waals surface area contributed by atoms with Crippen molar-refractivity contribution in [1.29, 1.82) is 0 Å². The van der Waals surface area contributed by atoms with Gasteiger partial charge in [-0.1, -0.05) is 38.1 Å². The van der Waals surface area contributed by atoms with Crippen molar-refractivity contribution in [2.24, 2.45) is 0 Å². The molecule has 178 valence electrons. The number of ether oxygens (including phenoxy) is 1. The Morgan fingerprint density at radius 2 is 1.08 bits per heavy atom. The highest BCUT2D eigenvalue weighted by molar-refractivity contribution is 5.90. The maximum absolute atomic E-state index is 11.8. The normalized spacial score (nSPS) is 13.8. The van der Waals surface area contributed by atoms with Crippen LogP contribution in [-0.4, -0.2) is 9.85 Å². The fraction of sp³-hybridized carbons (Fsp3) is 0.172. The summed E-state index contributed by atoms with van der Waals surface area (Å²) < 4.78 is 6.47.